The quantitative estimate of drug-likeness (QED) is 0.721. The van der Waals surface area contributed by atoms with Gasteiger partial charge in [0.05, 0.1) is 0 Å². The minimum atomic E-state index is 0.472. The maximum atomic E-state index is 3.38. The van der Waals surface area contributed by atoms with E-state index >= 15 is 0 Å². The molecule has 1 N–H and O–H groups in total. The summed E-state index contributed by atoms with van der Waals surface area (Å²) in [5.74, 6) is 0.472. The lowest BCUT2D eigenvalue weighted by molar-refractivity contribution is 0.648. The molecule has 0 amide bonds. The van der Waals surface area contributed by atoms with E-state index in [0.717, 1.165) is 19.4 Å². The van der Waals surface area contributed by atoms with Gasteiger partial charge in [-0.15, -0.1) is 0 Å². The fourth-order valence-corrected chi connectivity index (χ4v) is 2.37. The summed E-state index contributed by atoms with van der Waals surface area (Å²) < 4.78 is 0. The Hall–Kier alpha value is -1.60. The molecule has 1 nitrogen and oxygen atoms in total. The predicted octanol–water partition coefficient (Wildman–Crippen LogP) is 4.37. The van der Waals surface area contributed by atoms with Crippen LogP contribution in [0.25, 0.3) is 0 Å². The lowest BCUT2D eigenvalue weighted by Crippen LogP contribution is -2.15. The number of benzene rings is 2. The van der Waals surface area contributed by atoms with E-state index < -0.39 is 0 Å². The predicted molar refractivity (Wildman–Crippen MR) is 81.9 cm³/mol. The van der Waals surface area contributed by atoms with Crippen molar-refractivity contribution in [1.82, 2.24) is 5.32 Å². The van der Waals surface area contributed by atoms with Gasteiger partial charge in [0.25, 0.3) is 0 Å². The normalized spacial score (nSPS) is 10.8. The Morgan fingerprint density at radius 1 is 0.895 bits per heavy atom. The standard InChI is InChI=1S/C18H22N/c1-2-14-19-15-13-18(16-9-5-3-6-10-16)17-11-7-4-8-12-17/h3-12,14,18-19H,2,13,15H2,1H3. The number of rotatable bonds is 7. The highest BCUT2D eigenvalue weighted by atomic mass is 14.8. The third kappa shape index (κ3) is 4.22. The number of nitrogens with one attached hydrogen (secondary N) is 1. The number of hydrogen-bond acceptors (Lipinski definition) is 1. The summed E-state index contributed by atoms with van der Waals surface area (Å²) in [4.78, 5) is 0. The van der Waals surface area contributed by atoms with Gasteiger partial charge in [-0.1, -0.05) is 67.6 Å². The molecule has 0 aliphatic rings. The Kier molecular flexibility index (Phi) is 5.64. The lowest BCUT2D eigenvalue weighted by Gasteiger charge is -2.18. The molecule has 1 radical (unpaired) electrons. The molecule has 0 aliphatic heterocycles. The summed E-state index contributed by atoms with van der Waals surface area (Å²) in [6.45, 7) is 5.30. The van der Waals surface area contributed by atoms with E-state index in [4.69, 9.17) is 0 Å². The summed E-state index contributed by atoms with van der Waals surface area (Å²) in [5, 5.41) is 3.38. The molecule has 2 aromatic carbocycles. The van der Waals surface area contributed by atoms with Crippen LogP contribution in [0.2, 0.25) is 0 Å². The monoisotopic (exact) mass is 252 g/mol. The highest BCUT2D eigenvalue weighted by Crippen LogP contribution is 2.27. The van der Waals surface area contributed by atoms with E-state index in [1.165, 1.54) is 11.1 Å². The van der Waals surface area contributed by atoms with Crippen molar-refractivity contribution in [3.8, 4) is 0 Å². The zero-order valence-corrected chi connectivity index (χ0v) is 11.5. The van der Waals surface area contributed by atoms with E-state index in [2.05, 4.69) is 79.4 Å². The minimum absolute atomic E-state index is 0.472. The second kappa shape index (κ2) is 7.75. The van der Waals surface area contributed by atoms with E-state index in [1.807, 2.05) is 0 Å². The Labute approximate surface area is 116 Å². The van der Waals surface area contributed by atoms with Crippen LogP contribution >= 0.6 is 0 Å². The molecular formula is C18H22N. The average molecular weight is 252 g/mol. The minimum Gasteiger partial charge on any atom is -0.312 e. The van der Waals surface area contributed by atoms with E-state index in [0.29, 0.717) is 5.92 Å². The fraction of sp³-hybridized carbons (Fsp3) is 0.278. The molecule has 0 saturated carbocycles. The molecule has 0 heterocycles. The largest absolute Gasteiger partial charge is 0.312 e. The van der Waals surface area contributed by atoms with Crippen LogP contribution in [-0.4, -0.2) is 6.54 Å². The molecule has 0 atom stereocenters. The van der Waals surface area contributed by atoms with Crippen LogP contribution in [0.5, 0.6) is 0 Å². The highest BCUT2D eigenvalue weighted by molar-refractivity contribution is 5.32. The molecule has 2 aromatic rings. The van der Waals surface area contributed by atoms with Crippen molar-refractivity contribution < 1.29 is 0 Å². The number of hydrogen-bond donors (Lipinski definition) is 1. The van der Waals surface area contributed by atoms with Crippen molar-refractivity contribution in [3.05, 3.63) is 78.3 Å². The Morgan fingerprint density at radius 2 is 1.42 bits per heavy atom. The molecular weight excluding hydrogens is 230 g/mol. The first-order valence-electron chi connectivity index (χ1n) is 7.06. The Bertz CT molecular complexity index is 410. The summed E-state index contributed by atoms with van der Waals surface area (Å²) in [7, 11) is 0. The van der Waals surface area contributed by atoms with Crippen molar-refractivity contribution >= 4 is 0 Å². The van der Waals surface area contributed by atoms with Crippen LogP contribution in [0.15, 0.2) is 60.7 Å². The Morgan fingerprint density at radius 3 is 1.89 bits per heavy atom. The molecule has 0 spiro atoms. The SMILES string of the molecule is CC[CH]NCCC(c1ccccc1)c1ccccc1. The summed E-state index contributed by atoms with van der Waals surface area (Å²) in [6.07, 6.45) is 2.19. The van der Waals surface area contributed by atoms with E-state index in [-0.39, 0.29) is 0 Å². The van der Waals surface area contributed by atoms with Gasteiger partial charge in [0.1, 0.15) is 0 Å². The van der Waals surface area contributed by atoms with Gasteiger partial charge in [-0.25, -0.2) is 0 Å². The maximum Gasteiger partial charge on any atom is 0.0218 e. The van der Waals surface area contributed by atoms with Crippen molar-refractivity contribution in [1.29, 1.82) is 0 Å². The molecule has 19 heavy (non-hydrogen) atoms. The smallest absolute Gasteiger partial charge is 0.0218 e. The van der Waals surface area contributed by atoms with Crippen LogP contribution in [0.4, 0.5) is 0 Å². The topological polar surface area (TPSA) is 12.0 Å². The average Bonchev–Trinajstić information content (AvgIpc) is 2.49. The third-order valence-electron chi connectivity index (χ3n) is 3.33. The van der Waals surface area contributed by atoms with Crippen LogP contribution < -0.4 is 5.32 Å². The molecule has 0 unspecified atom stereocenters. The molecule has 0 aromatic heterocycles. The molecule has 0 saturated heterocycles. The first-order chi connectivity index (χ1) is 9.42. The van der Waals surface area contributed by atoms with Crippen LogP contribution in [0, 0.1) is 6.54 Å². The fourth-order valence-electron chi connectivity index (χ4n) is 2.37. The summed E-state index contributed by atoms with van der Waals surface area (Å²) in [6, 6.07) is 21.5. The highest BCUT2D eigenvalue weighted by Gasteiger charge is 2.12. The molecule has 0 aliphatic carbocycles. The van der Waals surface area contributed by atoms with E-state index in [9.17, 15) is 0 Å². The first kappa shape index (κ1) is 13.8. The molecule has 0 bridgehead atoms. The zero-order valence-electron chi connectivity index (χ0n) is 11.5. The molecule has 99 valence electrons. The van der Waals surface area contributed by atoms with Gasteiger partial charge in [-0.3, -0.25) is 0 Å². The van der Waals surface area contributed by atoms with Gasteiger partial charge in [0.2, 0.25) is 0 Å². The van der Waals surface area contributed by atoms with Crippen molar-refractivity contribution in [2.45, 2.75) is 25.7 Å². The van der Waals surface area contributed by atoms with Gasteiger partial charge in [0.15, 0.2) is 0 Å². The van der Waals surface area contributed by atoms with Gasteiger partial charge in [-0.2, -0.15) is 0 Å². The summed E-state index contributed by atoms with van der Waals surface area (Å²) in [5.41, 5.74) is 2.79. The van der Waals surface area contributed by atoms with Gasteiger partial charge in [-0.05, 0) is 30.5 Å². The summed E-state index contributed by atoms with van der Waals surface area (Å²) >= 11 is 0. The lowest BCUT2D eigenvalue weighted by atomic mass is 9.88. The third-order valence-corrected chi connectivity index (χ3v) is 3.33. The van der Waals surface area contributed by atoms with Gasteiger partial charge < -0.3 is 5.32 Å². The van der Waals surface area contributed by atoms with Gasteiger partial charge in [0, 0.05) is 12.5 Å². The van der Waals surface area contributed by atoms with Crippen LogP contribution in [0.1, 0.15) is 36.8 Å². The van der Waals surface area contributed by atoms with Gasteiger partial charge >= 0.3 is 0 Å². The molecule has 1 heteroatoms. The van der Waals surface area contributed by atoms with Crippen molar-refractivity contribution in [3.63, 3.8) is 0 Å². The second-order valence-electron chi connectivity index (χ2n) is 4.73. The van der Waals surface area contributed by atoms with Crippen molar-refractivity contribution in [2.75, 3.05) is 6.54 Å². The Balaban J connectivity index is 2.10. The van der Waals surface area contributed by atoms with Crippen molar-refractivity contribution in [2.24, 2.45) is 0 Å². The maximum absolute atomic E-state index is 3.38. The molecule has 2 rings (SSSR count). The first-order valence-corrected chi connectivity index (χ1v) is 7.06. The zero-order chi connectivity index (χ0) is 13.3. The van der Waals surface area contributed by atoms with Crippen LogP contribution in [0.3, 0.4) is 0 Å². The van der Waals surface area contributed by atoms with E-state index in [1.54, 1.807) is 0 Å². The second-order valence-corrected chi connectivity index (χ2v) is 4.73. The van der Waals surface area contributed by atoms with Crippen LogP contribution in [-0.2, 0) is 0 Å². The molecule has 0 fully saturated rings.